The van der Waals surface area contributed by atoms with E-state index in [1.807, 2.05) is 0 Å². The smallest absolute Gasteiger partial charge is 0.171 e. The Bertz CT molecular complexity index is 144. The number of rotatable bonds is 2. The average Bonchev–Trinajstić information content (AvgIpc) is 2.66. The van der Waals surface area contributed by atoms with Crippen molar-refractivity contribution in [1.29, 1.82) is 0 Å². The Kier molecular flexibility index (Phi) is 2.37. The summed E-state index contributed by atoms with van der Waals surface area (Å²) >= 11 is 0. The normalized spacial score (nSPS) is 33.2. The Labute approximate surface area is 74.2 Å². The zero-order valence-electron chi connectivity index (χ0n) is 7.84. The first-order valence-corrected chi connectivity index (χ1v) is 5.15. The van der Waals surface area contributed by atoms with Crippen LogP contribution in [0.3, 0.4) is 0 Å². The molecular formula is C10H18O2. The van der Waals surface area contributed by atoms with Crippen molar-refractivity contribution in [1.82, 2.24) is 0 Å². The molecule has 1 spiro atoms. The van der Waals surface area contributed by atoms with Gasteiger partial charge in [0.1, 0.15) is 0 Å². The third-order valence-electron chi connectivity index (χ3n) is 3.11. The molecule has 2 nitrogen and oxygen atoms in total. The molecule has 2 fully saturated rings. The topological polar surface area (TPSA) is 18.5 Å². The van der Waals surface area contributed by atoms with Crippen LogP contribution >= 0.6 is 0 Å². The molecular weight excluding hydrogens is 152 g/mol. The van der Waals surface area contributed by atoms with Gasteiger partial charge >= 0.3 is 0 Å². The molecule has 70 valence electrons. The molecule has 0 radical (unpaired) electrons. The Balaban J connectivity index is 2.01. The van der Waals surface area contributed by atoms with Gasteiger partial charge in [-0.05, 0) is 19.3 Å². The quantitative estimate of drug-likeness (QED) is 0.633. The molecule has 1 saturated heterocycles. The van der Waals surface area contributed by atoms with Gasteiger partial charge in [0.15, 0.2) is 5.79 Å². The maximum atomic E-state index is 5.74. The van der Waals surface area contributed by atoms with Crippen molar-refractivity contribution in [2.75, 3.05) is 13.2 Å². The Hall–Kier alpha value is -0.0800. The first-order chi connectivity index (χ1) is 5.87. The molecule has 1 aliphatic heterocycles. The zero-order chi connectivity index (χ0) is 8.44. The first-order valence-electron chi connectivity index (χ1n) is 5.15. The summed E-state index contributed by atoms with van der Waals surface area (Å²) in [6.07, 6.45) is 6.22. The van der Waals surface area contributed by atoms with Crippen LogP contribution < -0.4 is 0 Å². The van der Waals surface area contributed by atoms with Crippen molar-refractivity contribution < 1.29 is 9.47 Å². The minimum atomic E-state index is -0.143. The van der Waals surface area contributed by atoms with Gasteiger partial charge in [0.05, 0.1) is 13.2 Å². The van der Waals surface area contributed by atoms with Crippen LogP contribution in [0.15, 0.2) is 0 Å². The maximum Gasteiger partial charge on any atom is 0.171 e. The third-order valence-corrected chi connectivity index (χ3v) is 3.11. The van der Waals surface area contributed by atoms with Gasteiger partial charge in [-0.25, -0.2) is 0 Å². The molecule has 2 aliphatic rings. The fourth-order valence-corrected chi connectivity index (χ4v) is 2.58. The van der Waals surface area contributed by atoms with E-state index in [0.717, 1.165) is 19.6 Å². The fourth-order valence-electron chi connectivity index (χ4n) is 2.58. The van der Waals surface area contributed by atoms with E-state index in [1.54, 1.807) is 0 Å². The van der Waals surface area contributed by atoms with E-state index in [1.165, 1.54) is 25.7 Å². The average molecular weight is 170 g/mol. The van der Waals surface area contributed by atoms with E-state index in [4.69, 9.17) is 9.47 Å². The van der Waals surface area contributed by atoms with Crippen LogP contribution in [0.5, 0.6) is 0 Å². The van der Waals surface area contributed by atoms with Gasteiger partial charge in [0, 0.05) is 12.3 Å². The molecule has 1 atom stereocenters. The predicted molar refractivity (Wildman–Crippen MR) is 46.9 cm³/mol. The maximum absolute atomic E-state index is 5.74. The molecule has 2 heteroatoms. The standard InChI is InChI=1S/C10H18O2/c1-2-4-9-5-3-6-10(9)11-7-8-12-10/h9H,2-8H2,1H3/t9-/m0/s1. The fraction of sp³-hybridized carbons (Fsp3) is 1.00. The summed E-state index contributed by atoms with van der Waals surface area (Å²) in [7, 11) is 0. The molecule has 0 amide bonds. The minimum Gasteiger partial charge on any atom is -0.347 e. The highest BCUT2D eigenvalue weighted by molar-refractivity contribution is 4.88. The summed E-state index contributed by atoms with van der Waals surface area (Å²) in [6, 6.07) is 0. The molecule has 0 aromatic heterocycles. The summed E-state index contributed by atoms with van der Waals surface area (Å²) < 4.78 is 11.5. The van der Waals surface area contributed by atoms with Crippen molar-refractivity contribution in [2.45, 2.75) is 44.8 Å². The Morgan fingerprint density at radius 1 is 1.33 bits per heavy atom. The van der Waals surface area contributed by atoms with Gasteiger partial charge in [0.2, 0.25) is 0 Å². The van der Waals surface area contributed by atoms with E-state index in [9.17, 15) is 0 Å². The summed E-state index contributed by atoms with van der Waals surface area (Å²) in [4.78, 5) is 0. The zero-order valence-corrected chi connectivity index (χ0v) is 7.84. The van der Waals surface area contributed by atoms with Crippen molar-refractivity contribution in [3.05, 3.63) is 0 Å². The van der Waals surface area contributed by atoms with Crippen LogP contribution in [0.2, 0.25) is 0 Å². The Morgan fingerprint density at radius 3 is 2.75 bits per heavy atom. The molecule has 0 aromatic rings. The SMILES string of the molecule is CCC[C@H]1CCCC12OCCO2. The molecule has 1 aliphatic carbocycles. The second-order valence-corrected chi connectivity index (χ2v) is 3.89. The van der Waals surface area contributed by atoms with Crippen LogP contribution in [0.1, 0.15) is 39.0 Å². The van der Waals surface area contributed by atoms with E-state index in [2.05, 4.69) is 6.92 Å². The van der Waals surface area contributed by atoms with E-state index >= 15 is 0 Å². The number of hydrogen-bond donors (Lipinski definition) is 0. The van der Waals surface area contributed by atoms with Gasteiger partial charge in [-0.2, -0.15) is 0 Å². The van der Waals surface area contributed by atoms with Crippen molar-refractivity contribution in [2.24, 2.45) is 5.92 Å². The van der Waals surface area contributed by atoms with Crippen molar-refractivity contribution in [3.63, 3.8) is 0 Å². The lowest BCUT2D eigenvalue weighted by Gasteiger charge is -2.28. The molecule has 12 heavy (non-hydrogen) atoms. The summed E-state index contributed by atoms with van der Waals surface area (Å²) in [5.41, 5.74) is 0. The highest BCUT2D eigenvalue weighted by Crippen LogP contribution is 2.44. The van der Waals surface area contributed by atoms with Crippen LogP contribution in [-0.2, 0) is 9.47 Å². The monoisotopic (exact) mass is 170 g/mol. The molecule has 1 heterocycles. The van der Waals surface area contributed by atoms with E-state index < -0.39 is 0 Å². The van der Waals surface area contributed by atoms with E-state index in [0.29, 0.717) is 5.92 Å². The summed E-state index contributed by atoms with van der Waals surface area (Å²) in [5, 5.41) is 0. The van der Waals surface area contributed by atoms with Gasteiger partial charge in [-0.15, -0.1) is 0 Å². The molecule has 0 aromatic carbocycles. The van der Waals surface area contributed by atoms with E-state index in [-0.39, 0.29) is 5.79 Å². The van der Waals surface area contributed by atoms with Gasteiger partial charge in [-0.1, -0.05) is 13.3 Å². The molecule has 1 saturated carbocycles. The minimum absolute atomic E-state index is 0.143. The summed E-state index contributed by atoms with van der Waals surface area (Å²) in [5.74, 6) is 0.528. The third kappa shape index (κ3) is 1.27. The Morgan fingerprint density at radius 2 is 2.08 bits per heavy atom. The molecule has 0 N–H and O–H groups in total. The second-order valence-electron chi connectivity index (χ2n) is 3.89. The predicted octanol–water partition coefficient (Wildman–Crippen LogP) is 2.33. The van der Waals surface area contributed by atoms with Gasteiger partial charge < -0.3 is 9.47 Å². The van der Waals surface area contributed by atoms with Crippen LogP contribution in [-0.4, -0.2) is 19.0 Å². The van der Waals surface area contributed by atoms with Crippen LogP contribution in [0.4, 0.5) is 0 Å². The number of hydrogen-bond acceptors (Lipinski definition) is 2. The number of ether oxygens (including phenoxy) is 2. The first kappa shape index (κ1) is 8.52. The van der Waals surface area contributed by atoms with Crippen molar-refractivity contribution in [3.8, 4) is 0 Å². The van der Waals surface area contributed by atoms with Crippen LogP contribution in [0, 0.1) is 5.92 Å². The molecule has 0 unspecified atom stereocenters. The largest absolute Gasteiger partial charge is 0.347 e. The molecule has 0 bridgehead atoms. The lowest BCUT2D eigenvalue weighted by molar-refractivity contribution is -0.182. The lowest BCUT2D eigenvalue weighted by Crippen LogP contribution is -2.34. The molecule has 2 rings (SSSR count). The van der Waals surface area contributed by atoms with Gasteiger partial charge in [-0.3, -0.25) is 0 Å². The van der Waals surface area contributed by atoms with Gasteiger partial charge in [0.25, 0.3) is 0 Å². The summed E-state index contributed by atoms with van der Waals surface area (Å²) in [6.45, 7) is 3.85. The lowest BCUT2D eigenvalue weighted by atomic mass is 9.97. The second kappa shape index (κ2) is 3.35. The van der Waals surface area contributed by atoms with Crippen LogP contribution in [0.25, 0.3) is 0 Å². The van der Waals surface area contributed by atoms with Crippen molar-refractivity contribution >= 4 is 0 Å². The highest BCUT2D eigenvalue weighted by Gasteiger charge is 2.46. The highest BCUT2D eigenvalue weighted by atomic mass is 16.7.